The first-order valence-electron chi connectivity index (χ1n) is 5.55. The number of aryl methyl sites for hydroxylation is 1. The average molecular weight is 292 g/mol. The van der Waals surface area contributed by atoms with Crippen LogP contribution < -0.4 is 10.5 Å². The van der Waals surface area contributed by atoms with E-state index in [1.165, 1.54) is 10.9 Å². The second kappa shape index (κ2) is 4.98. The molecule has 0 atom stereocenters. The molecule has 1 saturated heterocycles. The summed E-state index contributed by atoms with van der Waals surface area (Å²) >= 11 is 0. The Kier molecular flexibility index (Phi) is 3.74. The van der Waals surface area contributed by atoms with E-state index in [4.69, 9.17) is 5.73 Å². The molecule has 0 spiro atoms. The number of anilines is 1. The van der Waals surface area contributed by atoms with Crippen molar-refractivity contribution >= 4 is 26.6 Å². The molecule has 0 radical (unpaired) electrons. The highest BCUT2D eigenvalue weighted by atomic mass is 32.2. The Balaban J connectivity index is 2.12. The summed E-state index contributed by atoms with van der Waals surface area (Å²) in [6, 6.07) is -0.174. The van der Waals surface area contributed by atoms with Crippen molar-refractivity contribution in [3.63, 3.8) is 0 Å². The molecule has 1 fully saturated rings. The first-order valence-corrected chi connectivity index (χ1v) is 8.52. The summed E-state index contributed by atoms with van der Waals surface area (Å²) < 4.78 is 39.3. The molecule has 0 unspecified atom stereocenters. The summed E-state index contributed by atoms with van der Waals surface area (Å²) in [5.74, 6) is 1.06. The molecule has 7 nitrogen and oxygen atoms in total. The van der Waals surface area contributed by atoms with Crippen LogP contribution in [0.15, 0.2) is 11.1 Å². The highest BCUT2D eigenvalue weighted by Gasteiger charge is 2.26. The molecule has 2 heterocycles. The first-order chi connectivity index (χ1) is 8.38. The Morgan fingerprint density at radius 3 is 2.61 bits per heavy atom. The van der Waals surface area contributed by atoms with Gasteiger partial charge in [-0.15, -0.1) is 0 Å². The quantitative estimate of drug-likeness (QED) is 0.758. The molecule has 0 saturated carbocycles. The van der Waals surface area contributed by atoms with Crippen LogP contribution in [0.2, 0.25) is 0 Å². The van der Waals surface area contributed by atoms with E-state index in [2.05, 4.69) is 9.82 Å². The number of nitrogens with zero attached hydrogens (tertiary/aromatic N) is 2. The van der Waals surface area contributed by atoms with Crippen molar-refractivity contribution in [3.05, 3.63) is 6.20 Å². The molecule has 9 heteroatoms. The number of hydrogen-bond acceptors (Lipinski definition) is 5. The van der Waals surface area contributed by atoms with Crippen LogP contribution in [0, 0.1) is 0 Å². The summed E-state index contributed by atoms with van der Waals surface area (Å²) in [6.07, 6.45) is 2.55. The molecule has 3 N–H and O–H groups in total. The molecule has 2 rings (SSSR count). The maximum atomic E-state index is 12.1. The fourth-order valence-corrected chi connectivity index (χ4v) is 4.59. The zero-order valence-corrected chi connectivity index (χ0v) is 11.6. The Morgan fingerprint density at radius 2 is 2.11 bits per heavy atom. The highest BCUT2D eigenvalue weighted by Crippen LogP contribution is 2.18. The second-order valence-corrected chi connectivity index (χ2v) is 7.67. The van der Waals surface area contributed by atoms with E-state index in [1.807, 2.05) is 0 Å². The summed E-state index contributed by atoms with van der Waals surface area (Å²) in [6.45, 7) is 0. The molecule has 0 bridgehead atoms. The molecule has 18 heavy (non-hydrogen) atoms. The van der Waals surface area contributed by atoms with Gasteiger partial charge in [0.25, 0.3) is 0 Å². The van der Waals surface area contributed by atoms with Gasteiger partial charge in [-0.3, -0.25) is 8.89 Å². The fraction of sp³-hybridized carbons (Fsp3) is 0.667. The maximum absolute atomic E-state index is 12.1. The second-order valence-electron chi connectivity index (χ2n) is 4.30. The number of sulfonamides is 1. The van der Waals surface area contributed by atoms with Crippen LogP contribution in [0.5, 0.6) is 0 Å². The topological polar surface area (TPSA) is 107 Å². The van der Waals surface area contributed by atoms with Gasteiger partial charge >= 0.3 is 0 Å². The van der Waals surface area contributed by atoms with Crippen molar-refractivity contribution < 1.29 is 12.6 Å². The molecule has 1 aliphatic heterocycles. The van der Waals surface area contributed by atoms with Gasteiger partial charge in [-0.2, -0.15) is 5.10 Å². The van der Waals surface area contributed by atoms with Crippen LogP contribution in [0.25, 0.3) is 0 Å². The summed E-state index contributed by atoms with van der Waals surface area (Å²) in [5.41, 5.74) is 5.55. The number of nitrogens with one attached hydrogen (secondary N) is 1. The normalized spacial score (nSPS) is 25.2. The standard InChI is InChI=1S/C9H16N4O3S2/c1-13-6-8(9(10)11-13)18(15,16)12-7-2-4-17(14)5-3-7/h6-7,12H,2-5H2,1H3,(H2,10,11). The SMILES string of the molecule is Cn1cc(S(=O)(=O)NC2CCS(=O)CC2)c(N)n1. The Bertz CT molecular complexity index is 556. The van der Waals surface area contributed by atoms with Crippen molar-refractivity contribution in [1.29, 1.82) is 0 Å². The fourth-order valence-electron chi connectivity index (χ4n) is 1.89. The van der Waals surface area contributed by atoms with Gasteiger partial charge in [-0.05, 0) is 12.8 Å². The number of nitrogen functional groups attached to an aromatic ring is 1. The lowest BCUT2D eigenvalue weighted by Gasteiger charge is -2.22. The van der Waals surface area contributed by atoms with E-state index in [1.54, 1.807) is 7.05 Å². The van der Waals surface area contributed by atoms with Gasteiger partial charge in [0.2, 0.25) is 10.0 Å². The zero-order chi connectivity index (χ0) is 13.3. The van der Waals surface area contributed by atoms with Crippen LogP contribution >= 0.6 is 0 Å². The third-order valence-electron chi connectivity index (χ3n) is 2.82. The average Bonchev–Trinajstić information content (AvgIpc) is 2.62. The third kappa shape index (κ3) is 2.90. The lowest BCUT2D eigenvalue weighted by molar-refractivity contribution is 0.522. The summed E-state index contributed by atoms with van der Waals surface area (Å²) in [4.78, 5) is -0.00306. The predicted octanol–water partition coefficient (Wildman–Crippen LogP) is -0.808. The van der Waals surface area contributed by atoms with Crippen molar-refractivity contribution in [2.75, 3.05) is 17.2 Å². The minimum absolute atomic E-state index is 0.00306. The van der Waals surface area contributed by atoms with Gasteiger partial charge < -0.3 is 5.73 Å². The smallest absolute Gasteiger partial charge is 0.246 e. The lowest BCUT2D eigenvalue weighted by Crippen LogP contribution is -2.39. The van der Waals surface area contributed by atoms with Crippen LogP contribution in [0.3, 0.4) is 0 Å². The lowest BCUT2D eigenvalue weighted by atomic mass is 10.2. The number of hydrogen-bond donors (Lipinski definition) is 2. The van der Waals surface area contributed by atoms with Gasteiger partial charge in [-0.25, -0.2) is 13.1 Å². The van der Waals surface area contributed by atoms with E-state index in [0.717, 1.165) is 0 Å². The molecular formula is C9H16N4O3S2. The molecule has 0 amide bonds. The Morgan fingerprint density at radius 1 is 1.50 bits per heavy atom. The number of nitrogens with two attached hydrogens (primary N) is 1. The molecule has 1 aliphatic rings. The molecule has 102 valence electrons. The van der Waals surface area contributed by atoms with Gasteiger partial charge in [-0.1, -0.05) is 0 Å². The van der Waals surface area contributed by atoms with Crippen LogP contribution in [-0.4, -0.2) is 40.0 Å². The van der Waals surface area contributed by atoms with Crippen LogP contribution in [0.4, 0.5) is 5.82 Å². The van der Waals surface area contributed by atoms with Crippen LogP contribution in [0.1, 0.15) is 12.8 Å². The Hall–Kier alpha value is -0.930. The third-order valence-corrected chi connectivity index (χ3v) is 5.74. The van der Waals surface area contributed by atoms with E-state index < -0.39 is 20.8 Å². The van der Waals surface area contributed by atoms with Crippen molar-refractivity contribution in [2.45, 2.75) is 23.8 Å². The minimum Gasteiger partial charge on any atom is -0.381 e. The molecule has 0 aromatic carbocycles. The van der Waals surface area contributed by atoms with Gasteiger partial charge in [0.05, 0.1) is 0 Å². The molecule has 1 aromatic rings. The van der Waals surface area contributed by atoms with Gasteiger partial charge in [0, 0.05) is 41.6 Å². The predicted molar refractivity (Wildman–Crippen MR) is 68.8 cm³/mol. The zero-order valence-electron chi connectivity index (χ0n) is 10.00. The molecule has 1 aromatic heterocycles. The Labute approximate surface area is 108 Å². The van der Waals surface area contributed by atoms with E-state index >= 15 is 0 Å². The van der Waals surface area contributed by atoms with E-state index in [-0.39, 0.29) is 16.8 Å². The van der Waals surface area contributed by atoms with Gasteiger partial charge in [0.15, 0.2) is 5.82 Å². The van der Waals surface area contributed by atoms with E-state index in [0.29, 0.717) is 24.3 Å². The largest absolute Gasteiger partial charge is 0.381 e. The number of rotatable bonds is 3. The maximum Gasteiger partial charge on any atom is 0.246 e. The summed E-state index contributed by atoms with van der Waals surface area (Å²) in [5, 5.41) is 3.81. The van der Waals surface area contributed by atoms with E-state index in [9.17, 15) is 12.6 Å². The van der Waals surface area contributed by atoms with Crippen molar-refractivity contribution in [2.24, 2.45) is 7.05 Å². The van der Waals surface area contributed by atoms with Crippen molar-refractivity contribution in [3.8, 4) is 0 Å². The highest BCUT2D eigenvalue weighted by molar-refractivity contribution is 7.89. The summed E-state index contributed by atoms with van der Waals surface area (Å²) in [7, 11) is -2.84. The van der Waals surface area contributed by atoms with Crippen LogP contribution in [-0.2, 0) is 27.9 Å². The number of aromatic nitrogens is 2. The first kappa shape index (κ1) is 13.5. The molecular weight excluding hydrogens is 276 g/mol. The minimum atomic E-state index is -3.64. The van der Waals surface area contributed by atoms with Gasteiger partial charge in [0.1, 0.15) is 4.90 Å². The van der Waals surface area contributed by atoms with Crippen molar-refractivity contribution in [1.82, 2.24) is 14.5 Å². The monoisotopic (exact) mass is 292 g/mol. The molecule has 0 aliphatic carbocycles.